The molecule has 0 fully saturated rings. The Morgan fingerprint density at radius 1 is 0.867 bits per heavy atom. The molecule has 15 heavy (non-hydrogen) atoms. The molecule has 0 aromatic rings. The summed E-state index contributed by atoms with van der Waals surface area (Å²) >= 11 is 4.75. The molecule has 0 aliphatic rings. The van der Waals surface area contributed by atoms with Crippen LogP contribution in [0.1, 0.15) is 56.4 Å². The Hall–Kier alpha value is 0.530. The predicted octanol–water partition coefficient (Wildman–Crippen LogP) is 3.47. The van der Waals surface area contributed by atoms with Crippen molar-refractivity contribution >= 4 is 18.5 Å². The van der Waals surface area contributed by atoms with E-state index in [1.807, 2.05) is 0 Å². The van der Waals surface area contributed by atoms with Gasteiger partial charge in [-0.2, -0.15) is 0 Å². The lowest BCUT2D eigenvalue weighted by Crippen LogP contribution is -2.27. The molecule has 0 heterocycles. The molecule has 0 saturated heterocycles. The predicted molar refractivity (Wildman–Crippen MR) is 69.4 cm³/mol. The highest BCUT2D eigenvalue weighted by Crippen LogP contribution is 2.46. The van der Waals surface area contributed by atoms with Crippen LogP contribution < -0.4 is 4.89 Å². The summed E-state index contributed by atoms with van der Waals surface area (Å²) in [5, 5.41) is 0. The summed E-state index contributed by atoms with van der Waals surface area (Å²) in [6.45, 7) is 7.39. The smallest absolute Gasteiger partial charge is 0.116 e. The molecule has 0 atom stereocenters. The second kappa shape index (κ2) is 6.31. The summed E-state index contributed by atoms with van der Waals surface area (Å²) in [6.07, 6.45) is 0. The lowest BCUT2D eigenvalue weighted by Gasteiger charge is -2.38. The van der Waals surface area contributed by atoms with Crippen LogP contribution in [0.15, 0.2) is 0 Å². The van der Waals surface area contributed by atoms with Crippen LogP contribution in [0.4, 0.5) is 0 Å². The molecular weight excluding hydrogens is 231 g/mol. The average molecular weight is 257 g/mol. The molecule has 0 aliphatic carbocycles. The van der Waals surface area contributed by atoms with E-state index in [4.69, 9.17) is 20.9 Å². The van der Waals surface area contributed by atoms with Gasteiger partial charge in [0.25, 0.3) is 0 Å². The molecule has 0 aromatic carbocycles. The molecule has 5 heteroatoms. The fourth-order valence-electron chi connectivity index (χ4n) is 0.689. The molecule has 0 bridgehead atoms. The van der Waals surface area contributed by atoms with Crippen molar-refractivity contribution in [3.05, 3.63) is 0 Å². The van der Waals surface area contributed by atoms with E-state index >= 15 is 0 Å². The first-order valence-electron chi connectivity index (χ1n) is 4.14. The molecule has 0 spiro atoms. The molecule has 0 radical (unpaired) electrons. The number of hydrogen-bond donors (Lipinski definition) is 0. The van der Waals surface area contributed by atoms with Crippen LogP contribution in [-0.2, 0) is 20.9 Å². The fourth-order valence-corrected chi connectivity index (χ4v) is 3.41. The van der Waals surface area contributed by atoms with Crippen molar-refractivity contribution < 1.29 is 13.9 Å². The van der Waals surface area contributed by atoms with Crippen LogP contribution in [0, 0.1) is 0 Å². The Labute approximate surface area is 100 Å². The Morgan fingerprint density at radius 2 is 1.07 bits per heavy atom. The summed E-state index contributed by atoms with van der Waals surface area (Å²) < 4.78 is 10.3. The molecule has 0 unspecified atom stereocenters. The third kappa shape index (κ3) is 14.5. The summed E-state index contributed by atoms with van der Waals surface area (Å²) in [7, 11) is 0. The fraction of sp³-hybridized carbons (Fsp3) is 1.00. The van der Waals surface area contributed by atoms with E-state index in [0.29, 0.717) is 0 Å². The van der Waals surface area contributed by atoms with Crippen molar-refractivity contribution in [3.8, 4) is 0 Å². The molecule has 0 amide bonds. The second-order valence-corrected chi connectivity index (χ2v) is 7.46. The highest BCUT2D eigenvalue weighted by atomic mass is 32.5. The van der Waals surface area contributed by atoms with Gasteiger partial charge in [-0.15, -0.1) is 0 Å². The zero-order valence-electron chi connectivity index (χ0n) is 9.08. The molecule has 3 nitrogen and oxygen atoms in total. The molecule has 0 rings (SSSR count). The first-order valence-corrected chi connectivity index (χ1v) is 6.69. The Bertz CT molecular complexity index is 196. The van der Waals surface area contributed by atoms with Gasteiger partial charge in [-0.05, 0) is 41.5 Å². The van der Waals surface area contributed by atoms with Crippen LogP contribution in [-0.4, -0.2) is 11.2 Å². The lowest BCUT2D eigenvalue weighted by molar-refractivity contribution is -0.222. The van der Waals surface area contributed by atoms with E-state index in [1.165, 1.54) is 0 Å². The molecular formula is C10H26O3PS-. The van der Waals surface area contributed by atoms with Gasteiger partial charge < -0.3 is 13.9 Å². The van der Waals surface area contributed by atoms with Gasteiger partial charge in [-0.1, -0.05) is 26.7 Å². The van der Waals surface area contributed by atoms with Crippen LogP contribution in [0.5, 0.6) is 0 Å². The van der Waals surface area contributed by atoms with Crippen molar-refractivity contribution in [2.75, 3.05) is 0 Å². The standard InChI is InChI=1S/C8H19O3PS.2CH4/c1-7(2,3)10-12(9,13)11-8(4,5)6;;/h1-6H3,(H,9,13);2*1H4/p-1. The van der Waals surface area contributed by atoms with Crippen molar-refractivity contribution in [1.29, 1.82) is 0 Å². The van der Waals surface area contributed by atoms with Gasteiger partial charge in [0, 0.05) is 0 Å². The van der Waals surface area contributed by atoms with Crippen molar-refractivity contribution in [2.24, 2.45) is 0 Å². The van der Waals surface area contributed by atoms with Crippen LogP contribution >= 0.6 is 6.72 Å². The minimum absolute atomic E-state index is 0. The highest BCUT2D eigenvalue weighted by molar-refractivity contribution is 8.06. The molecule has 96 valence electrons. The number of rotatable bonds is 2. The lowest BCUT2D eigenvalue weighted by atomic mass is 10.2. The summed E-state index contributed by atoms with van der Waals surface area (Å²) in [5.74, 6) is 0. The van der Waals surface area contributed by atoms with Crippen molar-refractivity contribution in [3.63, 3.8) is 0 Å². The van der Waals surface area contributed by atoms with Crippen LogP contribution in [0.3, 0.4) is 0 Å². The first-order chi connectivity index (χ1) is 5.41. The van der Waals surface area contributed by atoms with E-state index in [1.54, 1.807) is 41.5 Å². The van der Waals surface area contributed by atoms with E-state index in [-0.39, 0.29) is 14.9 Å². The zero-order chi connectivity index (χ0) is 10.9. The minimum atomic E-state index is -3.35. The van der Waals surface area contributed by atoms with Gasteiger partial charge in [0.15, 0.2) is 0 Å². The van der Waals surface area contributed by atoms with E-state index < -0.39 is 17.9 Å². The Kier molecular flexibility index (Phi) is 8.79. The average Bonchev–Trinajstić information content (AvgIpc) is 1.43. The molecule has 0 saturated carbocycles. The maximum atomic E-state index is 11.6. The maximum Gasteiger partial charge on any atom is 0.116 e. The van der Waals surface area contributed by atoms with Crippen LogP contribution in [0.2, 0.25) is 0 Å². The Balaban J connectivity index is -0.000000720. The third-order valence-electron chi connectivity index (χ3n) is 0.771. The molecule has 0 aliphatic heterocycles. The van der Waals surface area contributed by atoms with Gasteiger partial charge >= 0.3 is 0 Å². The van der Waals surface area contributed by atoms with Gasteiger partial charge in [-0.25, -0.2) is 0 Å². The molecule has 0 N–H and O–H groups in total. The van der Waals surface area contributed by atoms with Crippen molar-refractivity contribution in [1.82, 2.24) is 0 Å². The molecule has 0 aromatic heterocycles. The highest BCUT2D eigenvalue weighted by Gasteiger charge is 2.22. The van der Waals surface area contributed by atoms with Gasteiger partial charge in [0.2, 0.25) is 0 Å². The van der Waals surface area contributed by atoms with Gasteiger partial charge in [0.05, 0.1) is 11.2 Å². The van der Waals surface area contributed by atoms with Gasteiger partial charge in [-0.3, -0.25) is 0 Å². The zero-order valence-corrected chi connectivity index (χ0v) is 10.8. The van der Waals surface area contributed by atoms with E-state index in [2.05, 4.69) is 0 Å². The van der Waals surface area contributed by atoms with Crippen LogP contribution in [0.25, 0.3) is 0 Å². The third-order valence-corrected chi connectivity index (χ3v) is 2.76. The minimum Gasteiger partial charge on any atom is -0.780 e. The Morgan fingerprint density at radius 3 is 1.20 bits per heavy atom. The monoisotopic (exact) mass is 257 g/mol. The van der Waals surface area contributed by atoms with Gasteiger partial charge in [0.1, 0.15) is 6.72 Å². The topological polar surface area (TPSA) is 41.5 Å². The van der Waals surface area contributed by atoms with E-state index in [0.717, 1.165) is 0 Å². The van der Waals surface area contributed by atoms with Crippen molar-refractivity contribution in [2.45, 2.75) is 67.6 Å². The summed E-state index contributed by atoms with van der Waals surface area (Å²) in [5.41, 5.74) is -1.08. The van der Waals surface area contributed by atoms with E-state index in [9.17, 15) is 4.89 Å². The summed E-state index contributed by atoms with van der Waals surface area (Å²) in [4.78, 5) is 11.6. The second-order valence-electron chi connectivity index (χ2n) is 4.85. The first kappa shape index (κ1) is 20.9. The largest absolute Gasteiger partial charge is 0.780 e. The normalized spacial score (nSPS) is 12.7. The number of hydrogen-bond acceptors (Lipinski definition) is 4. The summed E-state index contributed by atoms with van der Waals surface area (Å²) in [6, 6.07) is 0. The maximum absolute atomic E-state index is 11.6. The SMILES string of the molecule is C.C.CC(C)(C)OP([O-])(=S)OC(C)(C)C. The quantitative estimate of drug-likeness (QED) is 0.710.